The molecule has 0 aliphatic heterocycles. The number of fused-ring (bicyclic) bond motifs is 1. The van der Waals surface area contributed by atoms with E-state index in [0.717, 1.165) is 40.1 Å². The number of likely N-dealkylation sites (N-methyl/N-ethyl adjacent to an activating group) is 2. The Labute approximate surface area is 182 Å². The maximum atomic E-state index is 12.4. The number of nitrogens with one attached hydrogen (secondary N) is 1. The van der Waals surface area contributed by atoms with Crippen molar-refractivity contribution >= 4 is 22.8 Å². The number of benzene rings is 3. The third-order valence-corrected chi connectivity index (χ3v) is 5.28. The van der Waals surface area contributed by atoms with Crippen LogP contribution in [0.1, 0.15) is 0 Å². The van der Waals surface area contributed by atoms with Gasteiger partial charge in [-0.05, 0) is 61.6 Å². The molecule has 1 aromatic heterocycles. The zero-order valence-corrected chi connectivity index (χ0v) is 18.1. The highest BCUT2D eigenvalue weighted by Crippen LogP contribution is 2.27. The second-order valence-corrected chi connectivity index (χ2v) is 7.89. The Balaban J connectivity index is 1.52. The number of rotatable bonds is 6. The van der Waals surface area contributed by atoms with Crippen molar-refractivity contribution in [2.24, 2.45) is 0 Å². The lowest BCUT2D eigenvalue weighted by atomic mass is 10.0. The van der Waals surface area contributed by atoms with E-state index in [4.69, 9.17) is 0 Å². The van der Waals surface area contributed by atoms with E-state index in [0.29, 0.717) is 6.54 Å². The van der Waals surface area contributed by atoms with Gasteiger partial charge < -0.3 is 15.1 Å². The van der Waals surface area contributed by atoms with E-state index in [1.54, 1.807) is 11.9 Å². The smallest absolute Gasteiger partial charge is 0.321 e. The molecule has 6 heteroatoms. The van der Waals surface area contributed by atoms with Gasteiger partial charge in [-0.15, -0.1) is 0 Å². The molecule has 0 aliphatic rings. The van der Waals surface area contributed by atoms with Crippen LogP contribution in [0.25, 0.3) is 27.8 Å². The molecule has 0 aliphatic carbocycles. The first-order chi connectivity index (χ1) is 15.0. The molecule has 0 saturated heterocycles. The topological polar surface area (TPSA) is 53.4 Å². The number of aromatic nitrogens is 2. The van der Waals surface area contributed by atoms with Gasteiger partial charge in [0.05, 0.1) is 11.0 Å². The van der Waals surface area contributed by atoms with Crippen LogP contribution in [-0.4, -0.2) is 59.6 Å². The van der Waals surface area contributed by atoms with Crippen LogP contribution in [0.15, 0.2) is 79.1 Å². The van der Waals surface area contributed by atoms with E-state index in [1.165, 1.54) is 0 Å². The number of carbonyl (C=O) groups excluding carboxylic acids is 1. The first kappa shape index (κ1) is 20.6. The van der Waals surface area contributed by atoms with Crippen LogP contribution in [0.4, 0.5) is 10.5 Å². The summed E-state index contributed by atoms with van der Waals surface area (Å²) in [7, 11) is 5.79. The number of anilines is 1. The van der Waals surface area contributed by atoms with Crippen LogP contribution in [0.5, 0.6) is 0 Å². The number of amides is 2. The molecule has 1 heterocycles. The fourth-order valence-electron chi connectivity index (χ4n) is 3.40. The van der Waals surface area contributed by atoms with E-state index in [2.05, 4.69) is 44.0 Å². The lowest BCUT2D eigenvalue weighted by Crippen LogP contribution is -2.36. The normalized spacial score (nSPS) is 11.1. The van der Waals surface area contributed by atoms with E-state index in [-0.39, 0.29) is 6.03 Å². The molecule has 31 heavy (non-hydrogen) atoms. The van der Waals surface area contributed by atoms with Crippen molar-refractivity contribution in [3.8, 4) is 16.8 Å². The minimum absolute atomic E-state index is 0.109. The largest absolute Gasteiger partial charge is 0.326 e. The highest BCUT2D eigenvalue weighted by molar-refractivity contribution is 5.90. The van der Waals surface area contributed by atoms with E-state index in [1.807, 2.05) is 69.0 Å². The van der Waals surface area contributed by atoms with Gasteiger partial charge in [0.1, 0.15) is 6.33 Å². The zero-order valence-electron chi connectivity index (χ0n) is 18.1. The van der Waals surface area contributed by atoms with Crippen LogP contribution in [-0.2, 0) is 0 Å². The van der Waals surface area contributed by atoms with E-state index >= 15 is 0 Å². The van der Waals surface area contributed by atoms with E-state index < -0.39 is 0 Å². The van der Waals surface area contributed by atoms with Crippen molar-refractivity contribution in [2.75, 3.05) is 39.5 Å². The van der Waals surface area contributed by atoms with Crippen molar-refractivity contribution in [1.82, 2.24) is 19.4 Å². The second-order valence-electron chi connectivity index (χ2n) is 7.89. The number of carbonyl (C=O) groups is 1. The molecule has 0 spiro atoms. The zero-order chi connectivity index (χ0) is 21.8. The van der Waals surface area contributed by atoms with Crippen LogP contribution < -0.4 is 5.32 Å². The van der Waals surface area contributed by atoms with Gasteiger partial charge in [-0.25, -0.2) is 9.78 Å². The van der Waals surface area contributed by atoms with Crippen molar-refractivity contribution < 1.29 is 4.79 Å². The number of imidazole rings is 1. The van der Waals surface area contributed by atoms with Crippen LogP contribution in [0.3, 0.4) is 0 Å². The molecular formula is C25H27N5O. The fraction of sp³-hybridized carbons (Fsp3) is 0.200. The van der Waals surface area contributed by atoms with Gasteiger partial charge >= 0.3 is 6.03 Å². The quantitative estimate of drug-likeness (QED) is 0.498. The Kier molecular flexibility index (Phi) is 6.00. The SMILES string of the molecule is CN(C)CCN(C)C(=O)Nc1ccc(-c2ccc3ncn(-c4ccccc4)c3c2)cc1. The Hall–Kier alpha value is -3.64. The van der Waals surface area contributed by atoms with Crippen molar-refractivity contribution in [1.29, 1.82) is 0 Å². The number of hydrogen-bond acceptors (Lipinski definition) is 3. The molecular weight excluding hydrogens is 386 g/mol. The lowest BCUT2D eigenvalue weighted by molar-refractivity contribution is 0.217. The summed E-state index contributed by atoms with van der Waals surface area (Å²) < 4.78 is 2.09. The average molecular weight is 414 g/mol. The predicted octanol–water partition coefficient (Wildman–Crippen LogP) is 4.72. The summed E-state index contributed by atoms with van der Waals surface area (Å²) in [4.78, 5) is 20.6. The van der Waals surface area contributed by atoms with Crippen LogP contribution >= 0.6 is 0 Å². The standard InChI is InChI=1S/C25H27N5O/c1-28(2)15-16-29(3)25(31)27-21-12-9-19(10-13-21)20-11-14-23-24(17-20)30(18-26-23)22-7-5-4-6-8-22/h4-14,17-18H,15-16H2,1-3H3,(H,27,31). The summed E-state index contributed by atoms with van der Waals surface area (Å²) >= 11 is 0. The van der Waals surface area contributed by atoms with Gasteiger partial charge in [0.25, 0.3) is 0 Å². The van der Waals surface area contributed by atoms with Gasteiger partial charge in [-0.3, -0.25) is 4.57 Å². The molecule has 0 unspecified atom stereocenters. The van der Waals surface area contributed by atoms with Gasteiger partial charge in [0.2, 0.25) is 0 Å². The lowest BCUT2D eigenvalue weighted by Gasteiger charge is -2.20. The monoisotopic (exact) mass is 413 g/mol. The molecule has 0 saturated carbocycles. The molecule has 6 nitrogen and oxygen atoms in total. The summed E-state index contributed by atoms with van der Waals surface area (Å²) in [5.41, 5.74) is 6.06. The number of hydrogen-bond donors (Lipinski definition) is 1. The highest BCUT2D eigenvalue weighted by atomic mass is 16.2. The molecule has 0 bridgehead atoms. The van der Waals surface area contributed by atoms with Gasteiger partial charge in [-0.2, -0.15) is 0 Å². The van der Waals surface area contributed by atoms with E-state index in [9.17, 15) is 4.79 Å². The average Bonchev–Trinajstić information content (AvgIpc) is 3.21. The molecule has 0 fully saturated rings. The Morgan fingerprint density at radius 1 is 0.903 bits per heavy atom. The molecule has 0 radical (unpaired) electrons. The molecule has 4 rings (SSSR count). The second kappa shape index (κ2) is 9.02. The minimum Gasteiger partial charge on any atom is -0.326 e. The Morgan fingerprint density at radius 3 is 2.32 bits per heavy atom. The first-order valence-electron chi connectivity index (χ1n) is 10.3. The summed E-state index contributed by atoms with van der Waals surface area (Å²) in [5, 5.41) is 2.95. The molecule has 0 atom stereocenters. The Morgan fingerprint density at radius 2 is 1.61 bits per heavy atom. The third-order valence-electron chi connectivity index (χ3n) is 5.28. The van der Waals surface area contributed by atoms with Gasteiger partial charge in [-0.1, -0.05) is 36.4 Å². The number of nitrogens with zero attached hydrogens (tertiary/aromatic N) is 4. The molecule has 1 N–H and O–H groups in total. The van der Waals surface area contributed by atoms with Crippen molar-refractivity contribution in [2.45, 2.75) is 0 Å². The van der Waals surface area contributed by atoms with Gasteiger partial charge in [0.15, 0.2) is 0 Å². The summed E-state index contributed by atoms with van der Waals surface area (Å²) in [6, 6.07) is 24.3. The number of urea groups is 1. The molecule has 2 amide bonds. The molecule has 158 valence electrons. The summed E-state index contributed by atoms with van der Waals surface area (Å²) in [5.74, 6) is 0. The van der Waals surface area contributed by atoms with Crippen LogP contribution in [0, 0.1) is 0 Å². The number of para-hydroxylation sites is 1. The maximum Gasteiger partial charge on any atom is 0.321 e. The molecule has 3 aromatic carbocycles. The minimum atomic E-state index is -0.109. The maximum absolute atomic E-state index is 12.4. The predicted molar refractivity (Wildman–Crippen MR) is 127 cm³/mol. The van der Waals surface area contributed by atoms with Crippen LogP contribution in [0.2, 0.25) is 0 Å². The summed E-state index contributed by atoms with van der Waals surface area (Å²) in [6.45, 7) is 1.50. The first-order valence-corrected chi connectivity index (χ1v) is 10.3. The van der Waals surface area contributed by atoms with Gasteiger partial charge in [0, 0.05) is 31.5 Å². The Bertz CT molecular complexity index is 1170. The fourth-order valence-corrected chi connectivity index (χ4v) is 3.40. The molecule has 4 aromatic rings. The summed E-state index contributed by atoms with van der Waals surface area (Å²) in [6.07, 6.45) is 1.86. The highest BCUT2D eigenvalue weighted by Gasteiger charge is 2.10. The van der Waals surface area contributed by atoms with Crippen molar-refractivity contribution in [3.63, 3.8) is 0 Å². The van der Waals surface area contributed by atoms with Crippen molar-refractivity contribution in [3.05, 3.63) is 79.1 Å². The third kappa shape index (κ3) is 4.75.